The van der Waals surface area contributed by atoms with E-state index in [0.29, 0.717) is 17.1 Å². The van der Waals surface area contributed by atoms with Crippen LogP contribution in [-0.2, 0) is 0 Å². The summed E-state index contributed by atoms with van der Waals surface area (Å²) in [6.07, 6.45) is 0. The topological polar surface area (TPSA) is 81.2 Å². The van der Waals surface area contributed by atoms with Gasteiger partial charge in [0.25, 0.3) is 0 Å². The molecule has 5 nitrogen and oxygen atoms in total. The summed E-state index contributed by atoms with van der Waals surface area (Å²) in [4.78, 5) is 0. The summed E-state index contributed by atoms with van der Waals surface area (Å²) in [6, 6.07) is 11.0. The van der Waals surface area contributed by atoms with Gasteiger partial charge in [0.05, 0.1) is 5.69 Å². The number of phenols is 2. The first-order chi connectivity index (χ1) is 10.5. The van der Waals surface area contributed by atoms with Gasteiger partial charge in [-0.05, 0) is 48.4 Å². The highest BCUT2D eigenvalue weighted by Gasteiger charge is 2.09. The molecule has 0 unspecified atom stereocenters. The van der Waals surface area contributed by atoms with E-state index in [2.05, 4.69) is 15.5 Å². The van der Waals surface area contributed by atoms with Gasteiger partial charge in [0.1, 0.15) is 5.75 Å². The van der Waals surface area contributed by atoms with Gasteiger partial charge in [-0.1, -0.05) is 0 Å². The number of aromatic hydroxyl groups is 2. The molecule has 3 rings (SSSR count). The number of benzene rings is 2. The van der Waals surface area contributed by atoms with Crippen LogP contribution in [0.25, 0.3) is 11.3 Å². The number of nitrogens with one attached hydrogen (secondary N) is 2. The number of aryl methyl sites for hydroxylation is 1. The summed E-state index contributed by atoms with van der Waals surface area (Å²) in [6.45, 7) is 1.76. The monoisotopic (exact) mass is 299 g/mol. The lowest BCUT2D eigenvalue weighted by atomic mass is 10.1. The molecule has 0 fully saturated rings. The molecule has 0 aliphatic rings. The Morgan fingerprint density at radius 3 is 2.55 bits per heavy atom. The highest BCUT2D eigenvalue weighted by Crippen LogP contribution is 2.28. The molecule has 0 bridgehead atoms. The van der Waals surface area contributed by atoms with Crippen molar-refractivity contribution >= 4 is 11.5 Å². The quantitative estimate of drug-likeness (QED) is 0.556. The first-order valence-corrected chi connectivity index (χ1v) is 6.64. The first-order valence-electron chi connectivity index (χ1n) is 6.64. The molecule has 2 aromatic carbocycles. The molecule has 6 heteroatoms. The molecule has 22 heavy (non-hydrogen) atoms. The van der Waals surface area contributed by atoms with Gasteiger partial charge in [-0.15, -0.1) is 0 Å². The predicted molar refractivity (Wildman–Crippen MR) is 81.8 cm³/mol. The van der Waals surface area contributed by atoms with Crippen LogP contribution in [0.4, 0.5) is 15.9 Å². The number of H-pyrrole nitrogens is 1. The zero-order valence-corrected chi connectivity index (χ0v) is 11.8. The minimum Gasteiger partial charge on any atom is -0.508 e. The minimum atomic E-state index is -0.692. The van der Waals surface area contributed by atoms with Gasteiger partial charge in [-0.25, -0.2) is 4.39 Å². The zero-order chi connectivity index (χ0) is 15.7. The summed E-state index contributed by atoms with van der Waals surface area (Å²) >= 11 is 0. The zero-order valence-electron chi connectivity index (χ0n) is 11.8. The van der Waals surface area contributed by atoms with Crippen LogP contribution in [0.1, 0.15) is 5.56 Å². The number of halogens is 1. The molecule has 0 amide bonds. The van der Waals surface area contributed by atoms with E-state index in [9.17, 15) is 14.6 Å². The number of hydrogen-bond acceptors (Lipinski definition) is 4. The van der Waals surface area contributed by atoms with E-state index in [1.54, 1.807) is 37.3 Å². The van der Waals surface area contributed by atoms with Crippen LogP contribution < -0.4 is 5.32 Å². The lowest BCUT2D eigenvalue weighted by molar-refractivity contribution is 0.432. The van der Waals surface area contributed by atoms with Crippen LogP contribution in [0.5, 0.6) is 11.5 Å². The van der Waals surface area contributed by atoms with Crippen molar-refractivity contribution in [3.8, 4) is 22.8 Å². The Bertz CT molecular complexity index is 813. The van der Waals surface area contributed by atoms with Crippen molar-refractivity contribution in [1.29, 1.82) is 0 Å². The van der Waals surface area contributed by atoms with Gasteiger partial charge in [0.2, 0.25) is 0 Å². The Kier molecular flexibility index (Phi) is 3.42. The third-order valence-corrected chi connectivity index (χ3v) is 3.31. The van der Waals surface area contributed by atoms with E-state index in [-0.39, 0.29) is 11.5 Å². The van der Waals surface area contributed by atoms with E-state index in [1.165, 1.54) is 12.1 Å². The molecule has 4 N–H and O–H groups in total. The van der Waals surface area contributed by atoms with Crippen molar-refractivity contribution in [2.75, 3.05) is 5.32 Å². The first kappa shape index (κ1) is 13.9. The Balaban J connectivity index is 1.86. The Hall–Kier alpha value is -3.02. The van der Waals surface area contributed by atoms with E-state index in [0.717, 1.165) is 11.3 Å². The van der Waals surface area contributed by atoms with Gasteiger partial charge >= 0.3 is 0 Å². The Morgan fingerprint density at radius 2 is 1.82 bits per heavy atom. The van der Waals surface area contributed by atoms with Crippen LogP contribution in [-0.4, -0.2) is 20.4 Å². The van der Waals surface area contributed by atoms with Crippen LogP contribution in [0.3, 0.4) is 0 Å². The SMILES string of the molecule is Cc1cc(O)c(F)cc1Nc1cc(-c2ccc(O)cc2)[nH]n1. The molecule has 0 spiro atoms. The largest absolute Gasteiger partial charge is 0.508 e. The standard InChI is InChI=1S/C16H14FN3O2/c1-9-6-15(22)12(17)7-13(9)18-16-8-14(19-20-16)10-2-4-11(21)5-3-10/h2-8,21-22H,1H3,(H2,18,19,20). The minimum absolute atomic E-state index is 0.191. The van der Waals surface area contributed by atoms with Crippen LogP contribution >= 0.6 is 0 Å². The molecule has 0 atom stereocenters. The summed E-state index contributed by atoms with van der Waals surface area (Å²) in [5.74, 6) is -0.356. The van der Waals surface area contributed by atoms with Crippen LogP contribution in [0, 0.1) is 12.7 Å². The third kappa shape index (κ3) is 2.71. The second-order valence-corrected chi connectivity index (χ2v) is 4.96. The summed E-state index contributed by atoms with van der Waals surface area (Å²) in [7, 11) is 0. The fourth-order valence-corrected chi connectivity index (χ4v) is 2.11. The van der Waals surface area contributed by atoms with Crippen molar-refractivity contribution in [2.24, 2.45) is 0 Å². The summed E-state index contributed by atoms with van der Waals surface area (Å²) in [5.41, 5.74) is 2.86. The number of anilines is 2. The maximum absolute atomic E-state index is 13.4. The maximum Gasteiger partial charge on any atom is 0.166 e. The summed E-state index contributed by atoms with van der Waals surface area (Å²) in [5, 5.41) is 28.6. The summed E-state index contributed by atoms with van der Waals surface area (Å²) < 4.78 is 13.4. The van der Waals surface area contributed by atoms with Gasteiger partial charge in [0, 0.05) is 17.8 Å². The third-order valence-electron chi connectivity index (χ3n) is 3.31. The molecule has 0 radical (unpaired) electrons. The smallest absolute Gasteiger partial charge is 0.166 e. The van der Waals surface area contributed by atoms with Crippen molar-refractivity contribution in [1.82, 2.24) is 10.2 Å². The number of phenolic OH excluding ortho intramolecular Hbond substituents is 2. The Morgan fingerprint density at radius 1 is 1.09 bits per heavy atom. The lowest BCUT2D eigenvalue weighted by Crippen LogP contribution is -1.94. The molecule has 1 aromatic heterocycles. The predicted octanol–water partition coefficient (Wildman–Crippen LogP) is 3.68. The second-order valence-electron chi connectivity index (χ2n) is 4.96. The average molecular weight is 299 g/mol. The van der Waals surface area contributed by atoms with Gasteiger partial charge in [0.15, 0.2) is 17.4 Å². The fraction of sp³-hybridized carbons (Fsp3) is 0.0625. The molecular formula is C16H14FN3O2. The van der Waals surface area contributed by atoms with E-state index >= 15 is 0 Å². The average Bonchev–Trinajstić information content (AvgIpc) is 2.94. The lowest BCUT2D eigenvalue weighted by Gasteiger charge is -2.07. The molecule has 0 aliphatic carbocycles. The number of rotatable bonds is 3. The molecule has 0 saturated heterocycles. The second kappa shape index (κ2) is 5.40. The van der Waals surface area contributed by atoms with Crippen LogP contribution in [0.15, 0.2) is 42.5 Å². The van der Waals surface area contributed by atoms with E-state index in [4.69, 9.17) is 0 Å². The van der Waals surface area contributed by atoms with Gasteiger partial charge in [-0.3, -0.25) is 5.10 Å². The molecular weight excluding hydrogens is 285 g/mol. The fourth-order valence-electron chi connectivity index (χ4n) is 2.11. The number of aromatic nitrogens is 2. The maximum atomic E-state index is 13.4. The van der Waals surface area contributed by atoms with Gasteiger partial charge < -0.3 is 15.5 Å². The normalized spacial score (nSPS) is 10.6. The number of aromatic amines is 1. The highest BCUT2D eigenvalue weighted by atomic mass is 19.1. The molecule has 0 saturated carbocycles. The van der Waals surface area contributed by atoms with Gasteiger partial charge in [-0.2, -0.15) is 5.10 Å². The molecule has 112 valence electrons. The van der Waals surface area contributed by atoms with E-state index in [1.807, 2.05) is 0 Å². The number of hydrogen-bond donors (Lipinski definition) is 4. The Labute approximate surface area is 126 Å². The highest BCUT2D eigenvalue weighted by molar-refractivity contribution is 5.68. The number of nitrogens with zero attached hydrogens (tertiary/aromatic N) is 1. The van der Waals surface area contributed by atoms with Crippen molar-refractivity contribution in [2.45, 2.75) is 6.92 Å². The van der Waals surface area contributed by atoms with Crippen LogP contribution in [0.2, 0.25) is 0 Å². The van der Waals surface area contributed by atoms with Crippen molar-refractivity contribution in [3.63, 3.8) is 0 Å². The molecule has 0 aliphatic heterocycles. The molecule has 3 aromatic rings. The van der Waals surface area contributed by atoms with Crippen molar-refractivity contribution in [3.05, 3.63) is 53.8 Å². The van der Waals surface area contributed by atoms with Crippen molar-refractivity contribution < 1.29 is 14.6 Å². The molecule has 1 heterocycles. The van der Waals surface area contributed by atoms with E-state index < -0.39 is 5.82 Å².